The van der Waals surface area contributed by atoms with E-state index in [0.29, 0.717) is 0 Å². The van der Waals surface area contributed by atoms with Crippen molar-refractivity contribution in [3.8, 4) is 6.07 Å². The molecular weight excluding hydrogens is 264 g/mol. The number of nitrogens with zero attached hydrogens (tertiary/aromatic N) is 2. The Hall–Kier alpha value is -2.38. The minimum absolute atomic E-state index is 0.176. The lowest BCUT2D eigenvalue weighted by molar-refractivity contribution is -0.548. The van der Waals surface area contributed by atoms with Crippen LogP contribution >= 0.6 is 11.6 Å². The Kier molecular flexibility index (Phi) is 3.50. The number of hydrogen-bond acceptors (Lipinski definition) is 3. The standard InChI is InChI=1S/C14H9ClN2O2/c15-13-9-5-4-8-12(13)14(10-16,17(18)19)11-6-2-1-3-7-11/h1-9H. The molecule has 2 aromatic carbocycles. The molecule has 0 aliphatic carbocycles. The average Bonchev–Trinajstić information content (AvgIpc) is 2.43. The molecule has 0 amide bonds. The van der Waals surface area contributed by atoms with Crippen molar-refractivity contribution in [1.82, 2.24) is 0 Å². The van der Waals surface area contributed by atoms with E-state index in [1.165, 1.54) is 12.1 Å². The maximum absolute atomic E-state index is 11.5. The van der Waals surface area contributed by atoms with Gasteiger partial charge in [0.2, 0.25) is 0 Å². The van der Waals surface area contributed by atoms with Crippen LogP contribution in [0.1, 0.15) is 11.1 Å². The maximum atomic E-state index is 11.5. The van der Waals surface area contributed by atoms with E-state index in [1.54, 1.807) is 48.5 Å². The summed E-state index contributed by atoms with van der Waals surface area (Å²) in [6.45, 7) is 0. The molecule has 5 heteroatoms. The summed E-state index contributed by atoms with van der Waals surface area (Å²) >= 11 is 6.03. The first-order chi connectivity index (χ1) is 9.13. The maximum Gasteiger partial charge on any atom is 0.357 e. The van der Waals surface area contributed by atoms with Gasteiger partial charge in [0, 0.05) is 5.56 Å². The lowest BCUT2D eigenvalue weighted by Gasteiger charge is -2.19. The van der Waals surface area contributed by atoms with Crippen LogP contribution < -0.4 is 0 Å². The van der Waals surface area contributed by atoms with Gasteiger partial charge in [0.05, 0.1) is 15.5 Å². The summed E-state index contributed by atoms with van der Waals surface area (Å²) in [6.07, 6.45) is 0. The molecule has 0 aromatic heterocycles. The first kappa shape index (κ1) is 13.1. The summed E-state index contributed by atoms with van der Waals surface area (Å²) in [7, 11) is 0. The fourth-order valence-electron chi connectivity index (χ4n) is 1.96. The van der Waals surface area contributed by atoms with Gasteiger partial charge < -0.3 is 0 Å². The molecule has 0 bridgehead atoms. The summed E-state index contributed by atoms with van der Waals surface area (Å²) in [5.74, 6) is 0. The number of halogens is 1. The van der Waals surface area contributed by atoms with Crippen molar-refractivity contribution in [2.24, 2.45) is 0 Å². The third kappa shape index (κ3) is 2.05. The molecule has 0 aliphatic heterocycles. The fraction of sp³-hybridized carbons (Fsp3) is 0.0714. The Labute approximate surface area is 115 Å². The zero-order valence-electron chi connectivity index (χ0n) is 9.79. The van der Waals surface area contributed by atoms with Gasteiger partial charge in [0.25, 0.3) is 0 Å². The highest BCUT2D eigenvalue weighted by atomic mass is 35.5. The van der Waals surface area contributed by atoms with Gasteiger partial charge in [-0.25, -0.2) is 0 Å². The van der Waals surface area contributed by atoms with Crippen molar-refractivity contribution in [2.75, 3.05) is 0 Å². The van der Waals surface area contributed by atoms with Gasteiger partial charge in [0.15, 0.2) is 6.07 Å². The molecule has 2 rings (SSSR count). The van der Waals surface area contributed by atoms with E-state index in [9.17, 15) is 15.4 Å². The highest BCUT2D eigenvalue weighted by Gasteiger charge is 2.48. The summed E-state index contributed by atoms with van der Waals surface area (Å²) < 4.78 is 0. The predicted molar refractivity (Wildman–Crippen MR) is 71.3 cm³/mol. The van der Waals surface area contributed by atoms with Crippen LogP contribution in [0.4, 0.5) is 0 Å². The van der Waals surface area contributed by atoms with Crippen molar-refractivity contribution >= 4 is 11.6 Å². The van der Waals surface area contributed by atoms with E-state index in [0.717, 1.165) is 0 Å². The Morgan fingerprint density at radius 2 is 1.68 bits per heavy atom. The molecule has 0 saturated carbocycles. The highest BCUT2D eigenvalue weighted by Crippen LogP contribution is 2.36. The monoisotopic (exact) mass is 272 g/mol. The summed E-state index contributed by atoms with van der Waals surface area (Å²) in [4.78, 5) is 10.9. The minimum atomic E-state index is -1.99. The zero-order chi connectivity index (χ0) is 13.9. The van der Waals surface area contributed by atoms with Gasteiger partial charge in [-0.1, -0.05) is 54.1 Å². The van der Waals surface area contributed by atoms with Gasteiger partial charge in [-0.3, -0.25) is 10.1 Å². The highest BCUT2D eigenvalue weighted by molar-refractivity contribution is 6.31. The minimum Gasteiger partial charge on any atom is -0.262 e. The number of hydrogen-bond donors (Lipinski definition) is 0. The molecule has 0 heterocycles. The van der Waals surface area contributed by atoms with Gasteiger partial charge in [-0.05, 0) is 12.1 Å². The van der Waals surface area contributed by atoms with E-state index in [2.05, 4.69) is 0 Å². The van der Waals surface area contributed by atoms with Crippen LogP contribution in [0.25, 0.3) is 0 Å². The molecular formula is C14H9ClN2O2. The van der Waals surface area contributed by atoms with Gasteiger partial charge in [-0.15, -0.1) is 0 Å². The van der Waals surface area contributed by atoms with E-state index in [-0.39, 0.29) is 16.1 Å². The van der Waals surface area contributed by atoms with E-state index < -0.39 is 10.5 Å². The third-order valence-electron chi connectivity index (χ3n) is 2.89. The second kappa shape index (κ2) is 5.09. The largest absolute Gasteiger partial charge is 0.357 e. The molecule has 2 aromatic rings. The van der Waals surface area contributed by atoms with Crippen molar-refractivity contribution in [1.29, 1.82) is 5.26 Å². The van der Waals surface area contributed by atoms with Crippen LogP contribution in [0.2, 0.25) is 5.02 Å². The Bertz CT molecular complexity index is 652. The predicted octanol–water partition coefficient (Wildman–Crippen LogP) is 3.38. The summed E-state index contributed by atoms with van der Waals surface area (Å²) in [6, 6.07) is 16.3. The first-order valence-electron chi connectivity index (χ1n) is 5.49. The quantitative estimate of drug-likeness (QED) is 0.635. The topological polar surface area (TPSA) is 66.9 Å². The van der Waals surface area contributed by atoms with E-state index in [4.69, 9.17) is 11.6 Å². The van der Waals surface area contributed by atoms with E-state index >= 15 is 0 Å². The molecule has 0 aliphatic rings. The molecule has 0 N–H and O–H groups in total. The number of nitriles is 1. The molecule has 0 saturated heterocycles. The number of rotatable bonds is 3. The molecule has 94 valence electrons. The van der Waals surface area contributed by atoms with Crippen molar-refractivity contribution < 1.29 is 4.92 Å². The van der Waals surface area contributed by atoms with Crippen LogP contribution in [0, 0.1) is 21.4 Å². The number of benzene rings is 2. The van der Waals surface area contributed by atoms with Crippen LogP contribution in [0.5, 0.6) is 0 Å². The normalized spacial score (nSPS) is 13.3. The van der Waals surface area contributed by atoms with Crippen LogP contribution in [0.3, 0.4) is 0 Å². The molecule has 4 nitrogen and oxygen atoms in total. The molecule has 0 radical (unpaired) electrons. The van der Waals surface area contributed by atoms with Crippen molar-refractivity contribution in [2.45, 2.75) is 5.54 Å². The molecule has 1 unspecified atom stereocenters. The lowest BCUT2D eigenvalue weighted by Crippen LogP contribution is -2.35. The SMILES string of the molecule is N#CC(c1ccccc1)(c1ccccc1Cl)[N+](=O)[O-]. The van der Waals surface area contributed by atoms with Crippen molar-refractivity contribution in [3.63, 3.8) is 0 Å². The first-order valence-corrected chi connectivity index (χ1v) is 5.87. The molecule has 0 spiro atoms. The van der Waals surface area contributed by atoms with Crippen molar-refractivity contribution in [3.05, 3.63) is 80.9 Å². The smallest absolute Gasteiger partial charge is 0.262 e. The second-order valence-electron chi connectivity index (χ2n) is 3.93. The average molecular weight is 273 g/mol. The summed E-state index contributed by atoms with van der Waals surface area (Å²) in [5, 5.41) is 21.2. The molecule has 0 fully saturated rings. The van der Waals surface area contributed by atoms with Gasteiger partial charge >= 0.3 is 5.54 Å². The van der Waals surface area contributed by atoms with Gasteiger partial charge in [-0.2, -0.15) is 5.26 Å². The van der Waals surface area contributed by atoms with Gasteiger partial charge in [0.1, 0.15) is 0 Å². The summed E-state index contributed by atoms with van der Waals surface area (Å²) in [5.41, 5.74) is -1.52. The third-order valence-corrected chi connectivity index (χ3v) is 3.22. The zero-order valence-corrected chi connectivity index (χ0v) is 10.5. The Balaban J connectivity index is 2.78. The molecule has 19 heavy (non-hydrogen) atoms. The van der Waals surface area contributed by atoms with E-state index in [1.807, 2.05) is 0 Å². The van der Waals surface area contributed by atoms with Crippen LogP contribution in [-0.2, 0) is 5.54 Å². The fourth-order valence-corrected chi connectivity index (χ4v) is 2.23. The Morgan fingerprint density at radius 3 is 2.21 bits per heavy atom. The van der Waals surface area contributed by atoms with Crippen LogP contribution in [0.15, 0.2) is 54.6 Å². The second-order valence-corrected chi connectivity index (χ2v) is 4.33. The Morgan fingerprint density at radius 1 is 1.11 bits per heavy atom. The number of nitro groups is 1. The van der Waals surface area contributed by atoms with Crippen LogP contribution in [-0.4, -0.2) is 4.92 Å². The molecule has 1 atom stereocenters. The lowest BCUT2D eigenvalue weighted by atomic mass is 9.85.